The van der Waals surface area contributed by atoms with Crippen LogP contribution in [0.25, 0.3) is 0 Å². The molecule has 0 aliphatic rings. The molecular formula is C10H15FOS. The third-order valence-corrected chi connectivity index (χ3v) is 3.33. The number of rotatable bonds is 1. The van der Waals surface area contributed by atoms with Crippen molar-refractivity contribution in [1.82, 2.24) is 0 Å². The van der Waals surface area contributed by atoms with Crippen molar-refractivity contribution in [2.45, 2.75) is 30.4 Å². The van der Waals surface area contributed by atoms with Crippen LogP contribution in [-0.4, -0.2) is 8.96 Å². The molecule has 1 nitrogen and oxygen atoms in total. The van der Waals surface area contributed by atoms with Crippen LogP contribution >= 0.6 is 0 Å². The fraction of sp³-hybridized carbons (Fsp3) is 0.400. The zero-order valence-electron chi connectivity index (χ0n) is 8.11. The van der Waals surface area contributed by atoms with E-state index in [0.717, 1.165) is 4.90 Å². The van der Waals surface area contributed by atoms with Crippen molar-refractivity contribution in [3.8, 4) is 0 Å². The zero-order chi connectivity index (χ0) is 9.19. The highest BCUT2D eigenvalue weighted by molar-refractivity contribution is 7.86. The topological polar surface area (TPSA) is 17.1 Å². The normalized spacial score (nSPS) is 13.2. The molecule has 3 heteroatoms. The molecule has 1 rings (SSSR count). The summed E-state index contributed by atoms with van der Waals surface area (Å²) in [6, 6.07) is 9.57. The fourth-order valence-electron chi connectivity index (χ4n) is 0.898. The molecule has 0 bridgehead atoms. The molecule has 1 aromatic rings. The summed E-state index contributed by atoms with van der Waals surface area (Å²) in [6.45, 7) is 5.95. The number of hydrogen-bond acceptors (Lipinski definition) is 1. The van der Waals surface area contributed by atoms with E-state index in [4.69, 9.17) is 0 Å². The lowest BCUT2D eigenvalue weighted by Gasteiger charge is -2.17. The van der Waals surface area contributed by atoms with Crippen LogP contribution < -0.4 is 0 Å². The van der Waals surface area contributed by atoms with Gasteiger partial charge in [0.15, 0.2) is 0 Å². The van der Waals surface area contributed by atoms with Crippen LogP contribution in [0.15, 0.2) is 35.2 Å². The second-order valence-corrected chi connectivity index (χ2v) is 5.93. The summed E-state index contributed by atoms with van der Waals surface area (Å²) in [5, 5.41) is 0. The van der Waals surface area contributed by atoms with Gasteiger partial charge in [0.05, 0.1) is 10.8 Å². The standard InChI is InChI=1S/C10H14OS.FH/c1-10(2,3)12(11)9-7-5-4-6-8-9;/h4-8H,1-3H3;1H. The summed E-state index contributed by atoms with van der Waals surface area (Å²) < 4.78 is 11.6. The minimum Gasteiger partial charge on any atom is -0.269 e. The Morgan fingerprint density at radius 3 is 1.92 bits per heavy atom. The summed E-state index contributed by atoms with van der Waals surface area (Å²) in [4.78, 5) is 0.907. The Morgan fingerprint density at radius 2 is 1.54 bits per heavy atom. The number of halogens is 1. The number of hydrogen-bond donors (Lipinski definition) is 0. The van der Waals surface area contributed by atoms with Crippen LogP contribution in [0, 0.1) is 0 Å². The maximum atomic E-state index is 11.8. The van der Waals surface area contributed by atoms with E-state index in [1.807, 2.05) is 51.1 Å². The van der Waals surface area contributed by atoms with Gasteiger partial charge in [-0.1, -0.05) is 18.2 Å². The van der Waals surface area contributed by atoms with Gasteiger partial charge in [-0.3, -0.25) is 8.91 Å². The van der Waals surface area contributed by atoms with Gasteiger partial charge in [-0.2, -0.15) is 0 Å². The quantitative estimate of drug-likeness (QED) is 0.684. The van der Waals surface area contributed by atoms with Crippen LogP contribution in [0.3, 0.4) is 0 Å². The summed E-state index contributed by atoms with van der Waals surface area (Å²) in [6.07, 6.45) is 0. The Labute approximate surface area is 81.0 Å². The average Bonchev–Trinajstić information content (AvgIpc) is 2.03. The lowest BCUT2D eigenvalue weighted by molar-refractivity contribution is 0.649. The molecule has 0 aliphatic carbocycles. The summed E-state index contributed by atoms with van der Waals surface area (Å²) in [5.74, 6) is 0. The van der Waals surface area contributed by atoms with Crippen molar-refractivity contribution in [3.05, 3.63) is 30.3 Å². The molecule has 1 aromatic carbocycles. The van der Waals surface area contributed by atoms with Crippen LogP contribution in [0.5, 0.6) is 0 Å². The molecule has 0 spiro atoms. The van der Waals surface area contributed by atoms with E-state index in [-0.39, 0.29) is 9.45 Å². The minimum absolute atomic E-state index is 0. The van der Waals surface area contributed by atoms with Gasteiger partial charge >= 0.3 is 0 Å². The van der Waals surface area contributed by atoms with Gasteiger partial charge in [0.25, 0.3) is 0 Å². The van der Waals surface area contributed by atoms with Gasteiger partial charge in [-0.05, 0) is 32.9 Å². The van der Waals surface area contributed by atoms with Gasteiger partial charge in [0.2, 0.25) is 0 Å². The SMILES string of the molecule is CC(C)(C)S(=O)c1ccccc1.F. The molecule has 0 aromatic heterocycles. The third-order valence-electron chi connectivity index (χ3n) is 1.51. The molecule has 1 unspecified atom stereocenters. The van der Waals surface area contributed by atoms with E-state index < -0.39 is 10.8 Å². The van der Waals surface area contributed by atoms with E-state index >= 15 is 0 Å². The Bertz CT molecular complexity index is 277. The molecule has 0 saturated carbocycles. The van der Waals surface area contributed by atoms with Crippen molar-refractivity contribution >= 4 is 10.8 Å². The van der Waals surface area contributed by atoms with Gasteiger partial charge < -0.3 is 0 Å². The summed E-state index contributed by atoms with van der Waals surface area (Å²) in [7, 11) is -0.901. The van der Waals surface area contributed by atoms with Crippen molar-refractivity contribution in [3.63, 3.8) is 0 Å². The number of benzene rings is 1. The Kier molecular flexibility index (Phi) is 4.27. The smallest absolute Gasteiger partial charge is 0.0583 e. The zero-order valence-corrected chi connectivity index (χ0v) is 8.93. The maximum absolute atomic E-state index is 11.8. The molecule has 0 heterocycles. The van der Waals surface area contributed by atoms with E-state index in [0.29, 0.717) is 0 Å². The maximum Gasteiger partial charge on any atom is 0.0583 e. The Balaban J connectivity index is 0.00000144. The van der Waals surface area contributed by atoms with Crippen molar-refractivity contribution in [2.75, 3.05) is 0 Å². The van der Waals surface area contributed by atoms with E-state index in [1.165, 1.54) is 0 Å². The predicted molar refractivity (Wildman–Crippen MR) is 55.1 cm³/mol. The molecule has 13 heavy (non-hydrogen) atoms. The Morgan fingerprint density at radius 1 is 1.08 bits per heavy atom. The molecule has 0 fully saturated rings. The molecule has 0 N–H and O–H groups in total. The first-order valence-electron chi connectivity index (χ1n) is 3.99. The third kappa shape index (κ3) is 3.27. The monoisotopic (exact) mass is 202 g/mol. The van der Waals surface area contributed by atoms with Gasteiger partial charge in [0, 0.05) is 9.64 Å². The van der Waals surface area contributed by atoms with E-state index in [9.17, 15) is 4.21 Å². The summed E-state index contributed by atoms with van der Waals surface area (Å²) >= 11 is 0. The first-order chi connectivity index (χ1) is 5.52. The lowest BCUT2D eigenvalue weighted by Crippen LogP contribution is -2.21. The molecule has 74 valence electrons. The highest BCUT2D eigenvalue weighted by Gasteiger charge is 2.20. The molecule has 1 atom stereocenters. The highest BCUT2D eigenvalue weighted by Crippen LogP contribution is 2.19. The van der Waals surface area contributed by atoms with Crippen molar-refractivity contribution < 1.29 is 8.91 Å². The lowest BCUT2D eigenvalue weighted by atomic mass is 10.3. The molecule has 0 amide bonds. The molecule has 0 saturated heterocycles. The van der Waals surface area contributed by atoms with Crippen molar-refractivity contribution in [2.24, 2.45) is 0 Å². The molecule has 0 aliphatic heterocycles. The van der Waals surface area contributed by atoms with Crippen LogP contribution in [0.4, 0.5) is 4.70 Å². The van der Waals surface area contributed by atoms with E-state index in [1.54, 1.807) is 0 Å². The summed E-state index contributed by atoms with van der Waals surface area (Å²) in [5.41, 5.74) is 0. The van der Waals surface area contributed by atoms with E-state index in [2.05, 4.69) is 0 Å². The van der Waals surface area contributed by atoms with Gasteiger partial charge in [-0.25, -0.2) is 0 Å². The molecule has 0 radical (unpaired) electrons. The first-order valence-corrected chi connectivity index (χ1v) is 5.14. The van der Waals surface area contributed by atoms with Gasteiger partial charge in [0.1, 0.15) is 0 Å². The second kappa shape index (κ2) is 4.51. The van der Waals surface area contributed by atoms with Crippen molar-refractivity contribution in [1.29, 1.82) is 0 Å². The van der Waals surface area contributed by atoms with Crippen LogP contribution in [-0.2, 0) is 10.8 Å². The fourth-order valence-corrected chi connectivity index (χ4v) is 2.01. The van der Waals surface area contributed by atoms with Gasteiger partial charge in [-0.15, -0.1) is 0 Å². The van der Waals surface area contributed by atoms with Crippen LogP contribution in [0.2, 0.25) is 0 Å². The highest BCUT2D eigenvalue weighted by atomic mass is 32.2. The average molecular weight is 202 g/mol. The largest absolute Gasteiger partial charge is 0.269 e. The second-order valence-electron chi connectivity index (χ2n) is 3.69. The predicted octanol–water partition coefficient (Wildman–Crippen LogP) is 2.75. The first kappa shape index (κ1) is 12.3. The Hall–Kier alpha value is -0.700. The van der Waals surface area contributed by atoms with Crippen LogP contribution in [0.1, 0.15) is 20.8 Å². The molecular weight excluding hydrogens is 187 g/mol. The minimum atomic E-state index is -0.901.